The summed E-state index contributed by atoms with van der Waals surface area (Å²) in [5.74, 6) is -1.01. The number of piperidine rings is 1. The van der Waals surface area contributed by atoms with E-state index in [0.29, 0.717) is 29.8 Å². The highest BCUT2D eigenvalue weighted by molar-refractivity contribution is 6.05. The lowest BCUT2D eigenvalue weighted by molar-refractivity contribution is -0.136. The predicted octanol–water partition coefficient (Wildman–Crippen LogP) is 2.67. The Balaban J connectivity index is 1.09. The smallest absolute Gasteiger partial charge is 0.316 e. The number of hydrogen-bond donors (Lipinski definition) is 2. The van der Waals surface area contributed by atoms with Crippen LogP contribution in [-0.4, -0.2) is 49.9 Å². The number of rotatable bonds is 7. The van der Waals surface area contributed by atoms with E-state index >= 15 is 4.39 Å². The van der Waals surface area contributed by atoms with Crippen LogP contribution in [0.25, 0.3) is 11.5 Å². The highest BCUT2D eigenvalue weighted by Crippen LogP contribution is 2.49. The van der Waals surface area contributed by atoms with Crippen LogP contribution in [-0.2, 0) is 21.7 Å². The standard InChI is InChI=1S/C26H23FN6O5/c27-18-10-14(9-16-17(18)12-33(24(16)36)19-4-5-20(34)29-22(19)35)26(7-8-26)30-25-32-31-23(38-25)13-1-6-21(28-11-13)37-15-2-3-15/h1,6,9-11,15,19H,2-5,7-8,12H2,(H,30,32)(H,29,34,35). The molecular weight excluding hydrogens is 495 g/mol. The summed E-state index contributed by atoms with van der Waals surface area (Å²) >= 11 is 0. The van der Waals surface area contributed by atoms with Gasteiger partial charge in [-0.1, -0.05) is 5.10 Å². The maximum absolute atomic E-state index is 15.2. The molecule has 3 fully saturated rings. The quantitative estimate of drug-likeness (QED) is 0.452. The predicted molar refractivity (Wildman–Crippen MR) is 128 cm³/mol. The lowest BCUT2D eigenvalue weighted by atomic mass is 9.98. The maximum atomic E-state index is 15.2. The first-order chi connectivity index (χ1) is 18.4. The molecule has 7 rings (SSSR count). The first kappa shape index (κ1) is 22.8. The van der Waals surface area contributed by atoms with E-state index in [1.54, 1.807) is 24.4 Å². The number of nitrogens with one attached hydrogen (secondary N) is 2. The molecule has 11 nitrogen and oxygen atoms in total. The van der Waals surface area contributed by atoms with Crippen molar-refractivity contribution in [3.63, 3.8) is 0 Å². The second-order valence-electron chi connectivity index (χ2n) is 10.2. The number of hydrogen-bond acceptors (Lipinski definition) is 9. The first-order valence-electron chi connectivity index (χ1n) is 12.6. The Morgan fingerprint density at radius 3 is 2.68 bits per heavy atom. The minimum Gasteiger partial charge on any atom is -0.474 e. The molecule has 2 saturated carbocycles. The summed E-state index contributed by atoms with van der Waals surface area (Å²) in [6.07, 6.45) is 5.67. The van der Waals surface area contributed by atoms with Crippen LogP contribution in [0.3, 0.4) is 0 Å². The Morgan fingerprint density at radius 1 is 1.13 bits per heavy atom. The summed E-state index contributed by atoms with van der Waals surface area (Å²) in [5.41, 5.74) is 1.06. The fourth-order valence-electron chi connectivity index (χ4n) is 5.03. The number of halogens is 1. The molecule has 2 aliphatic heterocycles. The number of fused-ring (bicyclic) bond motifs is 1. The number of amides is 3. The molecular formula is C26H23FN6O5. The zero-order valence-electron chi connectivity index (χ0n) is 20.2. The molecule has 1 atom stereocenters. The topological polar surface area (TPSA) is 140 Å². The van der Waals surface area contributed by atoms with Gasteiger partial charge in [-0.05, 0) is 55.9 Å². The lowest BCUT2D eigenvalue weighted by Gasteiger charge is -2.29. The molecule has 1 unspecified atom stereocenters. The molecule has 3 amide bonds. The molecule has 0 bridgehead atoms. The summed E-state index contributed by atoms with van der Waals surface area (Å²) in [6.45, 7) is -0.0154. The highest BCUT2D eigenvalue weighted by atomic mass is 19.1. The van der Waals surface area contributed by atoms with Crippen molar-refractivity contribution in [3.05, 3.63) is 53.0 Å². The van der Waals surface area contributed by atoms with Crippen LogP contribution < -0.4 is 15.4 Å². The Bertz CT molecular complexity index is 1480. The summed E-state index contributed by atoms with van der Waals surface area (Å²) in [4.78, 5) is 42.6. The van der Waals surface area contributed by atoms with E-state index in [2.05, 4.69) is 25.8 Å². The van der Waals surface area contributed by atoms with Gasteiger partial charge in [0.05, 0.1) is 17.6 Å². The molecule has 38 heavy (non-hydrogen) atoms. The number of ether oxygens (including phenoxy) is 1. The summed E-state index contributed by atoms with van der Waals surface area (Å²) in [6, 6.07) is 6.02. The fourth-order valence-corrected chi connectivity index (χ4v) is 5.03. The fraction of sp³-hybridized carbons (Fsp3) is 0.385. The molecule has 12 heteroatoms. The molecule has 2 N–H and O–H groups in total. The van der Waals surface area contributed by atoms with Crippen LogP contribution in [0.2, 0.25) is 0 Å². The number of carbonyl (C=O) groups excluding carboxylic acids is 3. The average Bonchev–Trinajstić information content (AvgIpc) is 3.80. The SMILES string of the molecule is O=C1CCC(N2Cc3c(F)cc(C4(Nc5nnc(-c6ccc(OC7CC7)nc6)o5)CC4)cc3C2=O)C(=O)N1. The molecule has 1 saturated heterocycles. The Kier molecular flexibility index (Phi) is 5.00. The van der Waals surface area contributed by atoms with E-state index in [9.17, 15) is 14.4 Å². The van der Waals surface area contributed by atoms with E-state index < -0.39 is 29.2 Å². The van der Waals surface area contributed by atoms with Gasteiger partial charge in [-0.15, -0.1) is 5.10 Å². The number of carbonyl (C=O) groups is 3. The minimum atomic E-state index is -0.802. The third-order valence-corrected chi connectivity index (χ3v) is 7.47. The average molecular weight is 519 g/mol. The number of anilines is 1. The second kappa shape index (κ2) is 8.33. The molecule has 0 spiro atoms. The van der Waals surface area contributed by atoms with Crippen LogP contribution in [0, 0.1) is 5.82 Å². The van der Waals surface area contributed by atoms with Gasteiger partial charge in [-0.3, -0.25) is 19.7 Å². The van der Waals surface area contributed by atoms with Gasteiger partial charge in [-0.2, -0.15) is 0 Å². The van der Waals surface area contributed by atoms with Gasteiger partial charge >= 0.3 is 6.01 Å². The summed E-state index contributed by atoms with van der Waals surface area (Å²) in [5, 5.41) is 13.7. The Hall–Kier alpha value is -4.35. The molecule has 1 aromatic carbocycles. The number of aromatic nitrogens is 3. The van der Waals surface area contributed by atoms with Crippen molar-refractivity contribution in [2.45, 2.75) is 62.8 Å². The van der Waals surface area contributed by atoms with E-state index in [1.807, 2.05) is 0 Å². The van der Waals surface area contributed by atoms with Crippen molar-refractivity contribution in [1.29, 1.82) is 0 Å². The molecule has 2 aromatic heterocycles. The first-order valence-corrected chi connectivity index (χ1v) is 12.6. The minimum absolute atomic E-state index is 0.0154. The van der Waals surface area contributed by atoms with E-state index in [4.69, 9.17) is 9.15 Å². The van der Waals surface area contributed by atoms with E-state index in [1.165, 1.54) is 11.0 Å². The molecule has 3 aromatic rings. The monoisotopic (exact) mass is 518 g/mol. The molecule has 194 valence electrons. The number of benzene rings is 1. The van der Waals surface area contributed by atoms with Gasteiger partial charge in [0.15, 0.2) is 0 Å². The largest absolute Gasteiger partial charge is 0.474 e. The molecule has 4 heterocycles. The van der Waals surface area contributed by atoms with Crippen molar-refractivity contribution in [3.8, 4) is 17.3 Å². The van der Waals surface area contributed by atoms with Crippen molar-refractivity contribution in [2.24, 2.45) is 0 Å². The third-order valence-electron chi connectivity index (χ3n) is 7.47. The molecule has 2 aliphatic carbocycles. The van der Waals surface area contributed by atoms with Gasteiger partial charge in [0, 0.05) is 29.8 Å². The van der Waals surface area contributed by atoms with Gasteiger partial charge in [0.2, 0.25) is 17.7 Å². The zero-order chi connectivity index (χ0) is 26.0. The van der Waals surface area contributed by atoms with Crippen LogP contribution in [0.4, 0.5) is 10.4 Å². The zero-order valence-corrected chi connectivity index (χ0v) is 20.2. The third kappa shape index (κ3) is 3.96. The van der Waals surface area contributed by atoms with Gasteiger partial charge in [-0.25, -0.2) is 9.37 Å². The maximum Gasteiger partial charge on any atom is 0.316 e. The van der Waals surface area contributed by atoms with Gasteiger partial charge < -0.3 is 19.4 Å². The van der Waals surface area contributed by atoms with E-state index in [-0.39, 0.29) is 54.4 Å². The van der Waals surface area contributed by atoms with Crippen LogP contribution >= 0.6 is 0 Å². The number of nitrogens with zero attached hydrogens (tertiary/aromatic N) is 4. The lowest BCUT2D eigenvalue weighted by Crippen LogP contribution is -2.52. The van der Waals surface area contributed by atoms with Crippen LogP contribution in [0.15, 0.2) is 34.9 Å². The van der Waals surface area contributed by atoms with Crippen molar-refractivity contribution in [2.75, 3.05) is 5.32 Å². The van der Waals surface area contributed by atoms with Crippen molar-refractivity contribution >= 4 is 23.7 Å². The number of pyridine rings is 1. The number of imide groups is 1. The van der Waals surface area contributed by atoms with Crippen LogP contribution in [0.5, 0.6) is 5.88 Å². The van der Waals surface area contributed by atoms with Gasteiger partial charge in [0.25, 0.3) is 11.8 Å². The Morgan fingerprint density at radius 2 is 1.97 bits per heavy atom. The van der Waals surface area contributed by atoms with E-state index in [0.717, 1.165) is 12.8 Å². The van der Waals surface area contributed by atoms with Crippen molar-refractivity contribution < 1.29 is 27.9 Å². The molecule has 0 radical (unpaired) electrons. The van der Waals surface area contributed by atoms with Crippen LogP contribution in [0.1, 0.15) is 60.0 Å². The molecule has 4 aliphatic rings. The summed E-state index contributed by atoms with van der Waals surface area (Å²) in [7, 11) is 0. The van der Waals surface area contributed by atoms with Crippen molar-refractivity contribution in [1.82, 2.24) is 25.4 Å². The van der Waals surface area contributed by atoms with Gasteiger partial charge in [0.1, 0.15) is 18.0 Å². The normalized spacial score (nSPS) is 21.8. The summed E-state index contributed by atoms with van der Waals surface area (Å²) < 4.78 is 26.7. The Labute approximate surface area is 215 Å². The highest BCUT2D eigenvalue weighted by Gasteiger charge is 2.48. The second-order valence-corrected chi connectivity index (χ2v) is 10.2.